The van der Waals surface area contributed by atoms with Crippen LogP contribution in [0.1, 0.15) is 35.5 Å². The molecule has 0 bridgehead atoms. The van der Waals surface area contributed by atoms with Gasteiger partial charge in [0.15, 0.2) is 6.10 Å². The second-order valence-electron chi connectivity index (χ2n) is 7.29. The fourth-order valence-corrected chi connectivity index (χ4v) is 3.42. The molecule has 32 heavy (non-hydrogen) atoms. The highest BCUT2D eigenvalue weighted by Crippen LogP contribution is 2.31. The summed E-state index contributed by atoms with van der Waals surface area (Å²) in [6, 6.07) is 8.02. The van der Waals surface area contributed by atoms with Crippen LogP contribution in [0.5, 0.6) is 5.75 Å². The number of esters is 1. The summed E-state index contributed by atoms with van der Waals surface area (Å²) in [5, 5.41) is 3.20. The summed E-state index contributed by atoms with van der Waals surface area (Å²) in [7, 11) is 1.47. The molecule has 0 aliphatic carbocycles. The number of anilines is 1. The van der Waals surface area contributed by atoms with Crippen LogP contribution >= 0.6 is 11.6 Å². The van der Waals surface area contributed by atoms with E-state index >= 15 is 0 Å². The number of carbonyl (C=O) groups is 2. The molecular weight excluding hydrogens is 434 g/mol. The van der Waals surface area contributed by atoms with Crippen molar-refractivity contribution >= 4 is 40.2 Å². The van der Waals surface area contributed by atoms with Gasteiger partial charge in [-0.3, -0.25) is 9.59 Å². The van der Waals surface area contributed by atoms with Gasteiger partial charge in [0, 0.05) is 17.6 Å². The Labute approximate surface area is 190 Å². The fourth-order valence-electron chi connectivity index (χ4n) is 3.26. The van der Waals surface area contributed by atoms with E-state index < -0.39 is 18.0 Å². The molecule has 0 radical (unpaired) electrons. The monoisotopic (exact) mass is 457 g/mol. The zero-order valence-electron chi connectivity index (χ0n) is 18.5. The minimum absolute atomic E-state index is 0.173. The van der Waals surface area contributed by atoms with E-state index in [-0.39, 0.29) is 11.1 Å². The molecule has 0 saturated heterocycles. The number of aromatic nitrogens is 2. The van der Waals surface area contributed by atoms with Gasteiger partial charge >= 0.3 is 5.97 Å². The highest BCUT2D eigenvalue weighted by Gasteiger charge is 2.21. The quantitative estimate of drug-likeness (QED) is 0.564. The molecular formula is C23H24ClN3O5. The number of hydrogen-bond donors (Lipinski definition) is 1. The molecule has 1 unspecified atom stereocenters. The van der Waals surface area contributed by atoms with Crippen LogP contribution in [-0.4, -0.2) is 34.6 Å². The van der Waals surface area contributed by atoms with Crippen LogP contribution in [0.3, 0.4) is 0 Å². The third-order valence-corrected chi connectivity index (χ3v) is 5.46. The first kappa shape index (κ1) is 23.3. The van der Waals surface area contributed by atoms with E-state index in [1.54, 1.807) is 48.7 Å². The van der Waals surface area contributed by atoms with E-state index in [1.165, 1.54) is 14.0 Å². The van der Waals surface area contributed by atoms with E-state index in [9.17, 15) is 14.4 Å². The lowest BCUT2D eigenvalue weighted by Gasteiger charge is -2.16. The standard InChI is InChI=1S/C23H24ClN3O5/c1-6-27-19-8-7-15(10-17(19)25-13(3)22(27)29)23(30)32-14(4)21(28)26-18-9-12(2)16(24)11-20(18)31-5/h7-11,14H,6H2,1-5H3,(H,26,28). The van der Waals surface area contributed by atoms with Gasteiger partial charge in [-0.2, -0.15) is 0 Å². The summed E-state index contributed by atoms with van der Waals surface area (Å²) in [6.45, 7) is 7.24. The van der Waals surface area contributed by atoms with E-state index in [2.05, 4.69) is 10.3 Å². The van der Waals surface area contributed by atoms with Gasteiger partial charge in [0.2, 0.25) is 0 Å². The Balaban J connectivity index is 1.79. The van der Waals surface area contributed by atoms with Crippen molar-refractivity contribution in [2.45, 2.75) is 40.3 Å². The first-order valence-electron chi connectivity index (χ1n) is 10.0. The van der Waals surface area contributed by atoms with Crippen molar-refractivity contribution in [3.63, 3.8) is 0 Å². The fraction of sp³-hybridized carbons (Fsp3) is 0.304. The molecule has 8 nitrogen and oxygen atoms in total. The zero-order valence-corrected chi connectivity index (χ0v) is 19.2. The maximum Gasteiger partial charge on any atom is 0.338 e. The Morgan fingerprint density at radius 1 is 1.22 bits per heavy atom. The number of nitrogens with zero attached hydrogens (tertiary/aromatic N) is 2. The molecule has 2 aromatic carbocycles. The number of fused-ring (bicyclic) bond motifs is 1. The van der Waals surface area contributed by atoms with E-state index in [0.29, 0.717) is 39.7 Å². The topological polar surface area (TPSA) is 99.5 Å². The maximum absolute atomic E-state index is 12.6. The number of benzene rings is 2. The number of amides is 1. The van der Waals surface area contributed by atoms with Crippen molar-refractivity contribution < 1.29 is 19.1 Å². The molecule has 168 valence electrons. The first-order chi connectivity index (χ1) is 15.2. The normalized spacial score (nSPS) is 11.8. The molecule has 1 heterocycles. The van der Waals surface area contributed by atoms with Gasteiger partial charge in [-0.15, -0.1) is 0 Å². The number of aryl methyl sites for hydroxylation is 3. The molecule has 0 aliphatic rings. The van der Waals surface area contributed by atoms with Crippen molar-refractivity contribution in [2.24, 2.45) is 0 Å². The Bertz CT molecular complexity index is 1270. The van der Waals surface area contributed by atoms with Crippen molar-refractivity contribution in [1.82, 2.24) is 9.55 Å². The number of halogens is 1. The summed E-state index contributed by atoms with van der Waals surface area (Å²) in [6.07, 6.45) is -1.07. The van der Waals surface area contributed by atoms with Gasteiger partial charge in [-0.25, -0.2) is 9.78 Å². The molecule has 1 atom stereocenters. The number of nitrogens with one attached hydrogen (secondary N) is 1. The number of methoxy groups -OCH3 is 1. The van der Waals surface area contributed by atoms with Crippen LogP contribution in [0.4, 0.5) is 5.69 Å². The predicted molar refractivity (Wildman–Crippen MR) is 123 cm³/mol. The zero-order chi connectivity index (χ0) is 23.6. The van der Waals surface area contributed by atoms with Crippen LogP contribution in [-0.2, 0) is 16.1 Å². The molecule has 9 heteroatoms. The molecule has 0 aliphatic heterocycles. The van der Waals surface area contributed by atoms with Gasteiger partial charge in [0.25, 0.3) is 11.5 Å². The second-order valence-corrected chi connectivity index (χ2v) is 7.70. The number of rotatable bonds is 6. The molecule has 1 amide bonds. The van der Waals surface area contributed by atoms with Gasteiger partial charge in [0.05, 0.1) is 29.4 Å². The highest BCUT2D eigenvalue weighted by molar-refractivity contribution is 6.31. The summed E-state index contributed by atoms with van der Waals surface area (Å²) in [4.78, 5) is 41.8. The van der Waals surface area contributed by atoms with Crippen molar-refractivity contribution in [3.8, 4) is 5.75 Å². The number of carbonyl (C=O) groups excluding carboxylic acids is 2. The lowest BCUT2D eigenvalue weighted by atomic mass is 10.1. The first-order valence-corrected chi connectivity index (χ1v) is 10.4. The SMILES string of the molecule is CCn1c(=O)c(C)nc2cc(C(=O)OC(C)C(=O)Nc3cc(C)c(Cl)cc3OC)ccc21. The van der Waals surface area contributed by atoms with Crippen LogP contribution in [0, 0.1) is 13.8 Å². The molecule has 0 spiro atoms. The summed E-state index contributed by atoms with van der Waals surface area (Å²) in [5.74, 6) is -0.805. The van der Waals surface area contributed by atoms with Crippen LogP contribution < -0.4 is 15.6 Å². The third kappa shape index (κ3) is 4.60. The molecule has 3 aromatic rings. The van der Waals surface area contributed by atoms with Gasteiger partial charge < -0.3 is 19.4 Å². The Morgan fingerprint density at radius 2 is 1.94 bits per heavy atom. The molecule has 1 N–H and O–H groups in total. The molecule has 1 aromatic heterocycles. The van der Waals surface area contributed by atoms with Gasteiger partial charge in [-0.1, -0.05) is 11.6 Å². The Hall–Kier alpha value is -3.39. The lowest BCUT2D eigenvalue weighted by Crippen LogP contribution is -2.30. The second kappa shape index (κ2) is 9.40. The Morgan fingerprint density at radius 3 is 2.59 bits per heavy atom. The Kier molecular flexibility index (Phi) is 6.84. The predicted octanol–water partition coefficient (Wildman–Crippen LogP) is 3.88. The van der Waals surface area contributed by atoms with Crippen LogP contribution in [0.25, 0.3) is 11.0 Å². The average molecular weight is 458 g/mol. The van der Waals surface area contributed by atoms with Crippen molar-refractivity contribution in [3.05, 3.63) is 62.5 Å². The number of ether oxygens (including phenoxy) is 2. The highest BCUT2D eigenvalue weighted by atomic mass is 35.5. The number of hydrogen-bond acceptors (Lipinski definition) is 6. The molecule has 0 fully saturated rings. The maximum atomic E-state index is 12.6. The minimum atomic E-state index is -1.07. The van der Waals surface area contributed by atoms with Crippen LogP contribution in [0.15, 0.2) is 35.1 Å². The third-order valence-electron chi connectivity index (χ3n) is 5.05. The lowest BCUT2D eigenvalue weighted by molar-refractivity contribution is -0.123. The minimum Gasteiger partial charge on any atom is -0.495 e. The smallest absolute Gasteiger partial charge is 0.338 e. The van der Waals surface area contributed by atoms with E-state index in [0.717, 1.165) is 5.56 Å². The summed E-state index contributed by atoms with van der Waals surface area (Å²) in [5.41, 5.74) is 2.69. The van der Waals surface area contributed by atoms with Gasteiger partial charge in [-0.05, 0) is 57.5 Å². The van der Waals surface area contributed by atoms with Crippen molar-refractivity contribution in [1.29, 1.82) is 0 Å². The van der Waals surface area contributed by atoms with E-state index in [4.69, 9.17) is 21.1 Å². The summed E-state index contributed by atoms with van der Waals surface area (Å²) < 4.78 is 12.2. The van der Waals surface area contributed by atoms with Crippen LogP contribution in [0.2, 0.25) is 5.02 Å². The largest absolute Gasteiger partial charge is 0.495 e. The molecule has 3 rings (SSSR count). The van der Waals surface area contributed by atoms with E-state index in [1.807, 2.05) is 6.92 Å². The average Bonchev–Trinajstić information content (AvgIpc) is 2.76. The summed E-state index contributed by atoms with van der Waals surface area (Å²) >= 11 is 6.09. The molecule has 0 saturated carbocycles. The van der Waals surface area contributed by atoms with Crippen molar-refractivity contribution in [2.75, 3.05) is 12.4 Å². The van der Waals surface area contributed by atoms with Gasteiger partial charge in [0.1, 0.15) is 11.4 Å².